The molecule has 0 radical (unpaired) electrons. The van der Waals surface area contributed by atoms with Gasteiger partial charge in [0.1, 0.15) is 5.75 Å². The molecule has 1 aromatic carbocycles. The summed E-state index contributed by atoms with van der Waals surface area (Å²) in [4.78, 5) is 10.4. The van der Waals surface area contributed by atoms with Crippen LogP contribution in [-0.4, -0.2) is 16.2 Å². The number of benzene rings is 1. The van der Waals surface area contributed by atoms with Crippen LogP contribution in [0.5, 0.6) is 5.75 Å². The monoisotopic (exact) mass is 259 g/mol. The van der Waals surface area contributed by atoms with E-state index in [0.29, 0.717) is 5.56 Å². The van der Waals surface area contributed by atoms with Crippen molar-refractivity contribution in [3.05, 3.63) is 28.2 Å². The Kier molecular flexibility index (Phi) is 3.49. The first-order chi connectivity index (χ1) is 6.50. The summed E-state index contributed by atoms with van der Waals surface area (Å²) in [5, 5.41) is 18.0. The van der Waals surface area contributed by atoms with Gasteiger partial charge in [0.05, 0.1) is 6.42 Å². The lowest BCUT2D eigenvalue weighted by Gasteiger charge is -2.11. The number of carbonyl (C=O) groups is 1. The highest BCUT2D eigenvalue weighted by molar-refractivity contribution is 9.10. The van der Waals surface area contributed by atoms with Crippen molar-refractivity contribution in [1.29, 1.82) is 0 Å². The van der Waals surface area contributed by atoms with Crippen molar-refractivity contribution in [2.75, 3.05) is 0 Å². The summed E-state index contributed by atoms with van der Waals surface area (Å²) in [6.07, 6.45) is -0.204. The molecule has 0 aromatic heterocycles. The summed E-state index contributed by atoms with van der Waals surface area (Å²) in [6.45, 7) is 0. The molecule has 0 saturated heterocycles. The number of nitrogens with two attached hydrogens (primary N) is 1. The van der Waals surface area contributed by atoms with Gasteiger partial charge in [0.25, 0.3) is 0 Å². The van der Waals surface area contributed by atoms with Crippen LogP contribution in [0.4, 0.5) is 0 Å². The van der Waals surface area contributed by atoms with E-state index in [1.54, 1.807) is 12.1 Å². The normalized spacial score (nSPS) is 12.4. The smallest absolute Gasteiger partial charge is 0.305 e. The maximum Gasteiger partial charge on any atom is 0.305 e. The van der Waals surface area contributed by atoms with E-state index in [-0.39, 0.29) is 12.2 Å². The minimum absolute atomic E-state index is 0.0157. The summed E-state index contributed by atoms with van der Waals surface area (Å²) in [5.41, 5.74) is 6.04. The van der Waals surface area contributed by atoms with Crippen molar-refractivity contribution in [2.24, 2.45) is 5.73 Å². The summed E-state index contributed by atoms with van der Waals surface area (Å²) in [7, 11) is 0. The van der Waals surface area contributed by atoms with E-state index in [0.717, 1.165) is 4.47 Å². The molecule has 0 aliphatic heterocycles. The summed E-state index contributed by atoms with van der Waals surface area (Å²) >= 11 is 3.22. The van der Waals surface area contributed by atoms with Gasteiger partial charge in [-0.05, 0) is 18.2 Å². The first kappa shape index (κ1) is 11.0. The lowest BCUT2D eigenvalue weighted by molar-refractivity contribution is -0.137. The van der Waals surface area contributed by atoms with Crippen molar-refractivity contribution in [2.45, 2.75) is 12.5 Å². The minimum atomic E-state index is -0.989. The van der Waals surface area contributed by atoms with E-state index < -0.39 is 12.0 Å². The summed E-state index contributed by atoms with van der Waals surface area (Å²) < 4.78 is 0.756. The standard InChI is InChI=1S/C9H10BrNO3/c10-5-1-2-8(12)6(3-5)7(11)4-9(13)14/h1-3,7,12H,4,11H2,(H,13,14)/t7-/m0/s1. The zero-order valence-electron chi connectivity index (χ0n) is 7.27. The van der Waals surface area contributed by atoms with Gasteiger partial charge in [0, 0.05) is 16.1 Å². The third-order valence-corrected chi connectivity index (χ3v) is 2.28. The first-order valence-electron chi connectivity index (χ1n) is 3.96. The Bertz CT molecular complexity index is 354. The van der Waals surface area contributed by atoms with Crippen molar-refractivity contribution in [1.82, 2.24) is 0 Å². The van der Waals surface area contributed by atoms with Gasteiger partial charge in [0.2, 0.25) is 0 Å². The number of aliphatic carboxylic acids is 1. The highest BCUT2D eigenvalue weighted by Crippen LogP contribution is 2.27. The average molecular weight is 260 g/mol. The number of rotatable bonds is 3. The minimum Gasteiger partial charge on any atom is -0.508 e. The maximum atomic E-state index is 10.4. The number of hydrogen-bond donors (Lipinski definition) is 3. The molecule has 0 aliphatic rings. The third kappa shape index (κ3) is 2.71. The Morgan fingerprint density at radius 1 is 1.57 bits per heavy atom. The van der Waals surface area contributed by atoms with E-state index >= 15 is 0 Å². The van der Waals surface area contributed by atoms with Gasteiger partial charge in [-0.1, -0.05) is 15.9 Å². The lowest BCUT2D eigenvalue weighted by atomic mass is 10.0. The molecular formula is C9H10BrNO3. The van der Waals surface area contributed by atoms with Crippen LogP contribution in [0.25, 0.3) is 0 Å². The van der Waals surface area contributed by atoms with E-state index in [1.165, 1.54) is 6.07 Å². The summed E-state index contributed by atoms with van der Waals surface area (Å²) in [5.74, 6) is -0.973. The third-order valence-electron chi connectivity index (χ3n) is 1.78. The molecule has 0 bridgehead atoms. The number of phenols is 1. The molecule has 0 aliphatic carbocycles. The largest absolute Gasteiger partial charge is 0.508 e. The van der Waals surface area contributed by atoms with Crippen LogP contribution in [0.1, 0.15) is 18.0 Å². The molecule has 0 amide bonds. The van der Waals surface area contributed by atoms with Gasteiger partial charge in [0.15, 0.2) is 0 Å². The summed E-state index contributed by atoms with van der Waals surface area (Å²) in [6, 6.07) is 4.06. The fourth-order valence-corrected chi connectivity index (χ4v) is 1.50. The Morgan fingerprint density at radius 2 is 2.21 bits per heavy atom. The number of aromatic hydroxyl groups is 1. The zero-order valence-corrected chi connectivity index (χ0v) is 8.86. The van der Waals surface area contributed by atoms with Gasteiger partial charge in [-0.25, -0.2) is 0 Å². The Balaban J connectivity index is 2.93. The van der Waals surface area contributed by atoms with E-state index in [9.17, 15) is 9.90 Å². The average Bonchev–Trinajstić information content (AvgIpc) is 2.08. The molecule has 1 rings (SSSR count). The first-order valence-corrected chi connectivity index (χ1v) is 4.76. The second-order valence-corrected chi connectivity index (χ2v) is 3.82. The second kappa shape index (κ2) is 4.43. The SMILES string of the molecule is N[C@@H](CC(=O)O)c1cc(Br)ccc1O. The van der Waals surface area contributed by atoms with Crippen LogP contribution in [0.3, 0.4) is 0 Å². The van der Waals surface area contributed by atoms with E-state index in [2.05, 4.69) is 15.9 Å². The van der Waals surface area contributed by atoms with Gasteiger partial charge >= 0.3 is 5.97 Å². The van der Waals surface area contributed by atoms with E-state index in [1.807, 2.05) is 0 Å². The highest BCUT2D eigenvalue weighted by atomic mass is 79.9. The number of hydrogen-bond acceptors (Lipinski definition) is 3. The molecule has 0 spiro atoms. The molecule has 76 valence electrons. The molecule has 0 saturated carbocycles. The molecular weight excluding hydrogens is 250 g/mol. The second-order valence-electron chi connectivity index (χ2n) is 2.91. The Labute approximate surface area is 89.5 Å². The highest BCUT2D eigenvalue weighted by Gasteiger charge is 2.14. The van der Waals surface area contributed by atoms with Crippen LogP contribution in [-0.2, 0) is 4.79 Å². The van der Waals surface area contributed by atoms with Crippen LogP contribution < -0.4 is 5.73 Å². The maximum absolute atomic E-state index is 10.4. The predicted molar refractivity (Wildman–Crippen MR) is 55.0 cm³/mol. The molecule has 0 fully saturated rings. The van der Waals surface area contributed by atoms with Crippen LogP contribution in [0, 0.1) is 0 Å². The number of phenolic OH excluding ortho intramolecular Hbond substituents is 1. The molecule has 1 aromatic rings. The molecule has 1 atom stereocenters. The van der Waals surface area contributed by atoms with Crippen molar-refractivity contribution in [3.8, 4) is 5.75 Å². The lowest BCUT2D eigenvalue weighted by Crippen LogP contribution is -2.15. The topological polar surface area (TPSA) is 83.6 Å². The van der Waals surface area contributed by atoms with Gasteiger partial charge < -0.3 is 15.9 Å². The molecule has 0 heterocycles. The molecule has 0 unspecified atom stereocenters. The zero-order chi connectivity index (χ0) is 10.7. The van der Waals surface area contributed by atoms with Crippen molar-refractivity contribution < 1.29 is 15.0 Å². The molecule has 4 nitrogen and oxygen atoms in total. The molecule has 5 heteroatoms. The van der Waals surface area contributed by atoms with Gasteiger partial charge in [-0.3, -0.25) is 4.79 Å². The number of carboxylic acid groups (broad SMARTS) is 1. The number of halogens is 1. The predicted octanol–water partition coefficient (Wildman–Crippen LogP) is 1.63. The fraction of sp³-hybridized carbons (Fsp3) is 0.222. The number of carboxylic acids is 1. The quantitative estimate of drug-likeness (QED) is 0.771. The van der Waals surface area contributed by atoms with Crippen molar-refractivity contribution in [3.63, 3.8) is 0 Å². The van der Waals surface area contributed by atoms with Crippen LogP contribution >= 0.6 is 15.9 Å². The van der Waals surface area contributed by atoms with Gasteiger partial charge in [-0.2, -0.15) is 0 Å². The Hall–Kier alpha value is -1.07. The van der Waals surface area contributed by atoms with Crippen LogP contribution in [0.2, 0.25) is 0 Å². The Morgan fingerprint density at radius 3 is 2.79 bits per heavy atom. The molecule has 14 heavy (non-hydrogen) atoms. The van der Waals surface area contributed by atoms with Crippen LogP contribution in [0.15, 0.2) is 22.7 Å². The van der Waals surface area contributed by atoms with Gasteiger partial charge in [-0.15, -0.1) is 0 Å². The fourth-order valence-electron chi connectivity index (χ4n) is 1.12. The van der Waals surface area contributed by atoms with E-state index in [4.69, 9.17) is 10.8 Å². The molecule has 4 N–H and O–H groups in total. The van der Waals surface area contributed by atoms with Crippen molar-refractivity contribution >= 4 is 21.9 Å².